The van der Waals surface area contributed by atoms with Gasteiger partial charge in [-0.25, -0.2) is 0 Å². The lowest BCUT2D eigenvalue weighted by molar-refractivity contribution is 0.1000. The van der Waals surface area contributed by atoms with E-state index >= 15 is 0 Å². The van der Waals surface area contributed by atoms with Crippen molar-refractivity contribution in [2.45, 2.75) is 38.5 Å². The maximum Gasteiger partial charge on any atom is 0.168 e. The molecule has 3 nitrogen and oxygen atoms in total. The lowest BCUT2D eigenvalue weighted by Crippen LogP contribution is -2.11. The predicted molar refractivity (Wildman–Crippen MR) is 109 cm³/mol. The highest BCUT2D eigenvalue weighted by atomic mass is 16.5. The van der Waals surface area contributed by atoms with Crippen LogP contribution in [0.2, 0.25) is 0 Å². The molecular formula is C24H25NO2. The molecule has 138 valence electrons. The number of ether oxygens (including phenoxy) is 1. The fraction of sp³-hybridized carbons (Fsp3) is 0.333. The molecule has 0 heterocycles. The van der Waals surface area contributed by atoms with E-state index in [1.165, 1.54) is 18.4 Å². The second kappa shape index (κ2) is 8.68. The molecule has 1 aliphatic carbocycles. The number of benzene rings is 2. The first-order chi connectivity index (χ1) is 13.0. The zero-order chi connectivity index (χ0) is 19.2. The summed E-state index contributed by atoms with van der Waals surface area (Å²) in [5.41, 5.74) is 3.36. The maximum atomic E-state index is 12.5. The number of hydrogen-bond acceptors (Lipinski definition) is 3. The Labute approximate surface area is 161 Å². The molecule has 27 heavy (non-hydrogen) atoms. The van der Waals surface area contributed by atoms with E-state index in [2.05, 4.69) is 43.0 Å². The summed E-state index contributed by atoms with van der Waals surface area (Å²) in [6.07, 6.45) is 2.98. The highest BCUT2D eigenvalue weighted by molar-refractivity contribution is 6.09. The van der Waals surface area contributed by atoms with E-state index in [-0.39, 0.29) is 18.1 Å². The highest BCUT2D eigenvalue weighted by Gasteiger charge is 2.20. The van der Waals surface area contributed by atoms with Gasteiger partial charge >= 0.3 is 0 Å². The van der Waals surface area contributed by atoms with Gasteiger partial charge in [-0.3, -0.25) is 4.79 Å². The van der Waals surface area contributed by atoms with Gasteiger partial charge in [0.1, 0.15) is 5.75 Å². The lowest BCUT2D eigenvalue weighted by atomic mass is 9.91. The van der Waals surface area contributed by atoms with Crippen LogP contribution >= 0.6 is 0 Å². The van der Waals surface area contributed by atoms with Gasteiger partial charge in [0.25, 0.3) is 0 Å². The Kier molecular flexibility index (Phi) is 6.08. The van der Waals surface area contributed by atoms with Crippen LogP contribution in [0.1, 0.15) is 53.1 Å². The molecule has 3 heteroatoms. The van der Waals surface area contributed by atoms with Gasteiger partial charge in [-0.15, -0.1) is 0 Å². The van der Waals surface area contributed by atoms with Crippen LogP contribution in [0.4, 0.5) is 0 Å². The second-order valence-electron chi connectivity index (χ2n) is 7.16. The number of methoxy groups -OCH3 is 1. The summed E-state index contributed by atoms with van der Waals surface area (Å²) in [7, 11) is 1.60. The first-order valence-corrected chi connectivity index (χ1v) is 9.36. The number of ketones is 1. The van der Waals surface area contributed by atoms with E-state index in [4.69, 9.17) is 10.1 Å². The van der Waals surface area contributed by atoms with Crippen molar-refractivity contribution in [3.05, 3.63) is 65.2 Å². The van der Waals surface area contributed by atoms with Crippen molar-refractivity contribution in [1.82, 2.24) is 0 Å². The van der Waals surface area contributed by atoms with Crippen LogP contribution in [0.5, 0.6) is 5.75 Å². The van der Waals surface area contributed by atoms with Crippen molar-refractivity contribution in [1.29, 1.82) is 5.41 Å². The fourth-order valence-corrected chi connectivity index (χ4v) is 2.89. The summed E-state index contributed by atoms with van der Waals surface area (Å²) in [6.45, 7) is 2.06. The molecule has 2 aromatic rings. The Morgan fingerprint density at radius 3 is 2.41 bits per heavy atom. The standard InChI is InChI=1S/C24H25NO2/c1-17-3-8-19(9-4-17)21(10-7-18-5-6-18)15-22(25)16-24(26)20-11-13-23(27-2)14-12-20/h3-4,8-9,11-14,18,21,25H,5-6,15-16H2,1-2H3. The molecule has 0 bridgehead atoms. The van der Waals surface area contributed by atoms with E-state index in [9.17, 15) is 4.79 Å². The smallest absolute Gasteiger partial charge is 0.168 e. The molecule has 1 saturated carbocycles. The van der Waals surface area contributed by atoms with Gasteiger partial charge in [-0.2, -0.15) is 0 Å². The first-order valence-electron chi connectivity index (χ1n) is 9.36. The summed E-state index contributed by atoms with van der Waals surface area (Å²) >= 11 is 0. The summed E-state index contributed by atoms with van der Waals surface area (Å²) in [5, 5.41) is 8.36. The number of rotatable bonds is 7. The SMILES string of the molecule is COc1ccc(C(=O)CC(=N)CC(C#CC2CC2)c2ccc(C)cc2)cc1. The third-order valence-corrected chi connectivity index (χ3v) is 4.76. The quantitative estimate of drug-likeness (QED) is 0.420. The minimum atomic E-state index is -0.0412. The van der Waals surface area contributed by atoms with Crippen molar-refractivity contribution in [2.75, 3.05) is 7.11 Å². The van der Waals surface area contributed by atoms with Gasteiger partial charge in [0, 0.05) is 30.0 Å². The fourth-order valence-electron chi connectivity index (χ4n) is 2.89. The normalized spacial score (nSPS) is 14.0. The molecular weight excluding hydrogens is 334 g/mol. The number of Topliss-reactive ketones (excluding diaryl/α,β-unsaturated/α-hetero) is 1. The zero-order valence-corrected chi connectivity index (χ0v) is 15.9. The average Bonchev–Trinajstić information content (AvgIpc) is 3.50. The van der Waals surface area contributed by atoms with E-state index < -0.39 is 0 Å². The van der Waals surface area contributed by atoms with Crippen LogP contribution in [-0.2, 0) is 0 Å². The van der Waals surface area contributed by atoms with Crippen LogP contribution < -0.4 is 4.74 Å². The van der Waals surface area contributed by atoms with Gasteiger partial charge in [-0.05, 0) is 49.6 Å². The molecule has 0 amide bonds. The summed E-state index contributed by atoms with van der Waals surface area (Å²) in [6, 6.07) is 15.4. The molecule has 1 fully saturated rings. The van der Waals surface area contributed by atoms with Crippen LogP contribution in [0.15, 0.2) is 48.5 Å². The zero-order valence-electron chi connectivity index (χ0n) is 15.9. The van der Waals surface area contributed by atoms with Gasteiger partial charge in [0.15, 0.2) is 5.78 Å². The Morgan fingerprint density at radius 2 is 1.81 bits per heavy atom. The van der Waals surface area contributed by atoms with E-state index in [1.54, 1.807) is 31.4 Å². The Hall–Kier alpha value is -2.86. The topological polar surface area (TPSA) is 50.2 Å². The number of hydrogen-bond donors (Lipinski definition) is 1. The molecule has 1 atom stereocenters. The van der Waals surface area contributed by atoms with Gasteiger partial charge in [-0.1, -0.05) is 41.7 Å². The number of carbonyl (C=O) groups is 1. The van der Waals surface area contributed by atoms with Crippen molar-refractivity contribution in [2.24, 2.45) is 5.92 Å². The van der Waals surface area contributed by atoms with E-state index in [0.717, 1.165) is 11.3 Å². The molecule has 0 aliphatic heterocycles. The monoisotopic (exact) mass is 359 g/mol. The van der Waals surface area contributed by atoms with Crippen molar-refractivity contribution >= 4 is 11.5 Å². The Morgan fingerprint density at radius 1 is 1.15 bits per heavy atom. The molecule has 1 unspecified atom stereocenters. The largest absolute Gasteiger partial charge is 0.497 e. The molecule has 0 radical (unpaired) electrons. The molecule has 3 rings (SSSR count). The van der Waals surface area contributed by atoms with Crippen molar-refractivity contribution in [3.8, 4) is 17.6 Å². The van der Waals surface area contributed by atoms with Gasteiger partial charge in [0.2, 0.25) is 0 Å². The van der Waals surface area contributed by atoms with Crippen molar-refractivity contribution < 1.29 is 9.53 Å². The summed E-state index contributed by atoms with van der Waals surface area (Å²) in [5.74, 6) is 7.86. The Balaban J connectivity index is 1.67. The molecule has 1 N–H and O–H groups in total. The number of nitrogens with one attached hydrogen (secondary N) is 1. The molecule has 2 aromatic carbocycles. The number of aryl methyl sites for hydroxylation is 1. The minimum Gasteiger partial charge on any atom is -0.497 e. The van der Waals surface area contributed by atoms with Gasteiger partial charge in [0.05, 0.1) is 13.0 Å². The van der Waals surface area contributed by atoms with Crippen LogP contribution in [0.3, 0.4) is 0 Å². The maximum absolute atomic E-state index is 12.5. The third kappa shape index (κ3) is 5.56. The predicted octanol–water partition coefficient (Wildman–Crippen LogP) is 5.18. The van der Waals surface area contributed by atoms with Gasteiger partial charge < -0.3 is 10.1 Å². The molecule has 0 saturated heterocycles. The first kappa shape index (κ1) is 18.9. The van der Waals surface area contributed by atoms with Crippen molar-refractivity contribution in [3.63, 3.8) is 0 Å². The van der Waals surface area contributed by atoms with E-state index in [1.807, 2.05) is 0 Å². The number of carbonyl (C=O) groups excluding carboxylic acids is 1. The third-order valence-electron chi connectivity index (χ3n) is 4.76. The average molecular weight is 359 g/mol. The summed E-state index contributed by atoms with van der Waals surface area (Å²) < 4.78 is 5.12. The second-order valence-corrected chi connectivity index (χ2v) is 7.16. The van der Waals surface area contributed by atoms with Crippen LogP contribution in [0, 0.1) is 30.1 Å². The van der Waals surface area contributed by atoms with E-state index in [0.29, 0.717) is 23.6 Å². The molecule has 0 aromatic heterocycles. The van der Waals surface area contributed by atoms with Crippen LogP contribution in [0.25, 0.3) is 0 Å². The molecule has 0 spiro atoms. The Bertz CT molecular complexity index is 865. The molecule has 1 aliphatic rings. The minimum absolute atomic E-state index is 0.0256. The highest BCUT2D eigenvalue weighted by Crippen LogP contribution is 2.29. The lowest BCUT2D eigenvalue weighted by Gasteiger charge is -2.13. The summed E-state index contributed by atoms with van der Waals surface area (Å²) in [4.78, 5) is 12.5. The van der Waals surface area contributed by atoms with Crippen LogP contribution in [-0.4, -0.2) is 18.6 Å².